The second-order valence-electron chi connectivity index (χ2n) is 6.56. The molecule has 1 aromatic heterocycles. The number of halogens is 2. The van der Waals surface area contributed by atoms with Gasteiger partial charge in [0.2, 0.25) is 0 Å². The Balaban J connectivity index is 0.00000132. The molecule has 23 heavy (non-hydrogen) atoms. The molecular weight excluding hydrogens is 335 g/mol. The monoisotopic (exact) mass is 360 g/mol. The Morgan fingerprint density at radius 2 is 2.00 bits per heavy atom. The van der Waals surface area contributed by atoms with E-state index in [4.69, 9.17) is 5.73 Å². The third kappa shape index (κ3) is 4.08. The second-order valence-corrected chi connectivity index (χ2v) is 6.56. The van der Waals surface area contributed by atoms with E-state index in [0.717, 1.165) is 44.0 Å². The Bertz CT molecular complexity index is 537. The maximum Gasteiger partial charge on any atom is 0.257 e. The van der Waals surface area contributed by atoms with Crippen LogP contribution in [0, 0.1) is 5.41 Å². The summed E-state index contributed by atoms with van der Waals surface area (Å²) in [5.74, 6) is 0.948. The zero-order chi connectivity index (χ0) is 14.9. The lowest BCUT2D eigenvalue weighted by Gasteiger charge is -2.25. The number of hydrogen-bond donors (Lipinski definition) is 1. The van der Waals surface area contributed by atoms with Gasteiger partial charge in [0, 0.05) is 32.4 Å². The molecular formula is C16H26Cl2N4O. The summed E-state index contributed by atoms with van der Waals surface area (Å²) in [6, 6.07) is 3.76. The first-order valence-electron chi connectivity index (χ1n) is 7.82. The lowest BCUT2D eigenvalue weighted by molar-refractivity contribution is 0.0777. The fraction of sp³-hybridized carbons (Fsp3) is 0.625. The van der Waals surface area contributed by atoms with E-state index >= 15 is 0 Å². The SMILES string of the molecule is CC1(CN)CCN(C(=O)c2cccnc2N2CCCC2)C1.Cl.Cl. The van der Waals surface area contributed by atoms with E-state index in [-0.39, 0.29) is 36.1 Å². The van der Waals surface area contributed by atoms with Crippen LogP contribution in [-0.4, -0.2) is 48.5 Å². The molecule has 2 aliphatic heterocycles. The van der Waals surface area contributed by atoms with Gasteiger partial charge in [0.15, 0.2) is 0 Å². The van der Waals surface area contributed by atoms with Crippen molar-refractivity contribution in [3.63, 3.8) is 0 Å². The Morgan fingerprint density at radius 3 is 2.61 bits per heavy atom. The first-order chi connectivity index (χ1) is 10.1. The number of rotatable bonds is 3. The summed E-state index contributed by atoms with van der Waals surface area (Å²) in [4.78, 5) is 21.5. The second kappa shape index (κ2) is 8.18. The van der Waals surface area contributed by atoms with E-state index in [2.05, 4.69) is 16.8 Å². The van der Waals surface area contributed by atoms with Crippen molar-refractivity contribution >= 4 is 36.5 Å². The highest BCUT2D eigenvalue weighted by molar-refractivity contribution is 5.99. The van der Waals surface area contributed by atoms with Gasteiger partial charge >= 0.3 is 0 Å². The molecule has 2 N–H and O–H groups in total. The fourth-order valence-electron chi connectivity index (χ4n) is 3.28. The van der Waals surface area contributed by atoms with Gasteiger partial charge in [0.1, 0.15) is 5.82 Å². The number of nitrogens with zero attached hydrogens (tertiary/aromatic N) is 3. The molecule has 2 saturated heterocycles. The first-order valence-corrected chi connectivity index (χ1v) is 7.82. The summed E-state index contributed by atoms with van der Waals surface area (Å²) >= 11 is 0. The van der Waals surface area contributed by atoms with E-state index in [1.807, 2.05) is 17.0 Å². The van der Waals surface area contributed by atoms with Crippen LogP contribution in [0.2, 0.25) is 0 Å². The van der Waals surface area contributed by atoms with Crippen LogP contribution in [0.1, 0.15) is 36.5 Å². The summed E-state index contributed by atoms with van der Waals surface area (Å²) < 4.78 is 0. The fourth-order valence-corrected chi connectivity index (χ4v) is 3.28. The molecule has 1 amide bonds. The minimum atomic E-state index is 0. The topological polar surface area (TPSA) is 62.5 Å². The molecule has 0 spiro atoms. The van der Waals surface area contributed by atoms with E-state index in [1.54, 1.807) is 6.20 Å². The molecule has 2 fully saturated rings. The van der Waals surface area contributed by atoms with Gasteiger partial charge in [0.25, 0.3) is 5.91 Å². The van der Waals surface area contributed by atoms with Crippen molar-refractivity contribution in [3.8, 4) is 0 Å². The van der Waals surface area contributed by atoms with Crippen LogP contribution in [0.25, 0.3) is 0 Å². The predicted octanol–water partition coefficient (Wildman–Crippen LogP) is 2.34. The highest BCUT2D eigenvalue weighted by atomic mass is 35.5. The summed E-state index contributed by atoms with van der Waals surface area (Å²) in [6.45, 7) is 6.32. The van der Waals surface area contributed by atoms with Crippen LogP contribution in [0.15, 0.2) is 18.3 Å². The number of likely N-dealkylation sites (tertiary alicyclic amines) is 1. The molecule has 1 unspecified atom stereocenters. The van der Waals surface area contributed by atoms with Crippen molar-refractivity contribution in [1.82, 2.24) is 9.88 Å². The van der Waals surface area contributed by atoms with Crippen molar-refractivity contribution in [3.05, 3.63) is 23.9 Å². The standard InChI is InChI=1S/C16H24N4O.2ClH/c1-16(11-17)6-10-20(12-16)15(21)13-5-4-7-18-14(13)19-8-2-3-9-19;;/h4-5,7H,2-3,6,8-12,17H2,1H3;2*1H. The van der Waals surface area contributed by atoms with Gasteiger partial charge in [-0.3, -0.25) is 4.79 Å². The van der Waals surface area contributed by atoms with Gasteiger partial charge in [-0.2, -0.15) is 0 Å². The molecule has 0 aromatic carbocycles. The Kier molecular flexibility index (Phi) is 7.11. The molecule has 130 valence electrons. The normalized spacial score (nSPS) is 23.4. The summed E-state index contributed by atoms with van der Waals surface area (Å²) in [5.41, 5.74) is 6.64. The molecule has 0 bridgehead atoms. The maximum absolute atomic E-state index is 12.8. The highest BCUT2D eigenvalue weighted by Crippen LogP contribution is 2.31. The van der Waals surface area contributed by atoms with Crippen molar-refractivity contribution in [2.45, 2.75) is 26.2 Å². The average molecular weight is 361 g/mol. The molecule has 5 nitrogen and oxygen atoms in total. The molecule has 3 heterocycles. The quantitative estimate of drug-likeness (QED) is 0.898. The summed E-state index contributed by atoms with van der Waals surface area (Å²) in [7, 11) is 0. The zero-order valence-electron chi connectivity index (χ0n) is 13.5. The first kappa shape index (κ1) is 20.0. The number of hydrogen-bond acceptors (Lipinski definition) is 4. The van der Waals surface area contributed by atoms with Crippen molar-refractivity contribution in [1.29, 1.82) is 0 Å². The molecule has 2 aliphatic rings. The smallest absolute Gasteiger partial charge is 0.257 e. The van der Waals surface area contributed by atoms with Crippen LogP contribution >= 0.6 is 24.8 Å². The minimum absolute atomic E-state index is 0. The van der Waals surface area contributed by atoms with E-state index in [1.165, 1.54) is 12.8 Å². The van der Waals surface area contributed by atoms with Gasteiger partial charge in [0.05, 0.1) is 5.56 Å². The third-order valence-corrected chi connectivity index (χ3v) is 4.76. The van der Waals surface area contributed by atoms with E-state index < -0.39 is 0 Å². The zero-order valence-corrected chi connectivity index (χ0v) is 15.2. The minimum Gasteiger partial charge on any atom is -0.356 e. The molecule has 1 aromatic rings. The van der Waals surface area contributed by atoms with Crippen LogP contribution < -0.4 is 10.6 Å². The lowest BCUT2D eigenvalue weighted by Crippen LogP contribution is -2.35. The van der Waals surface area contributed by atoms with Gasteiger partial charge in [-0.25, -0.2) is 4.98 Å². The van der Waals surface area contributed by atoms with Crippen LogP contribution in [0.5, 0.6) is 0 Å². The van der Waals surface area contributed by atoms with Crippen molar-refractivity contribution in [2.75, 3.05) is 37.6 Å². The van der Waals surface area contributed by atoms with Gasteiger partial charge < -0.3 is 15.5 Å². The number of amides is 1. The van der Waals surface area contributed by atoms with Crippen LogP contribution in [-0.2, 0) is 0 Å². The number of aromatic nitrogens is 1. The molecule has 0 radical (unpaired) electrons. The largest absolute Gasteiger partial charge is 0.356 e. The van der Waals surface area contributed by atoms with Crippen molar-refractivity contribution in [2.24, 2.45) is 11.1 Å². The Hall–Kier alpha value is -1.04. The molecule has 0 saturated carbocycles. The third-order valence-electron chi connectivity index (χ3n) is 4.76. The molecule has 0 aliphatic carbocycles. The van der Waals surface area contributed by atoms with Gasteiger partial charge in [-0.05, 0) is 43.4 Å². The van der Waals surface area contributed by atoms with Gasteiger partial charge in [-0.15, -0.1) is 24.8 Å². The van der Waals surface area contributed by atoms with Crippen LogP contribution in [0.3, 0.4) is 0 Å². The average Bonchev–Trinajstić information content (AvgIpc) is 3.17. The summed E-state index contributed by atoms with van der Waals surface area (Å²) in [5, 5.41) is 0. The number of carbonyl (C=O) groups is 1. The predicted molar refractivity (Wildman–Crippen MR) is 97.9 cm³/mol. The van der Waals surface area contributed by atoms with E-state index in [9.17, 15) is 4.79 Å². The lowest BCUT2D eigenvalue weighted by atomic mass is 9.90. The number of pyridine rings is 1. The molecule has 3 rings (SSSR count). The molecule has 7 heteroatoms. The maximum atomic E-state index is 12.8. The molecule has 1 atom stereocenters. The summed E-state index contributed by atoms with van der Waals surface area (Å²) in [6.07, 6.45) is 5.12. The Labute approximate surface area is 150 Å². The van der Waals surface area contributed by atoms with Crippen LogP contribution in [0.4, 0.5) is 5.82 Å². The van der Waals surface area contributed by atoms with Crippen molar-refractivity contribution < 1.29 is 4.79 Å². The van der Waals surface area contributed by atoms with E-state index in [0.29, 0.717) is 6.54 Å². The highest BCUT2D eigenvalue weighted by Gasteiger charge is 2.36. The number of carbonyl (C=O) groups excluding carboxylic acids is 1. The van der Waals surface area contributed by atoms with Gasteiger partial charge in [-0.1, -0.05) is 6.92 Å². The Morgan fingerprint density at radius 1 is 1.30 bits per heavy atom. The number of nitrogens with two attached hydrogens (primary N) is 1. The number of anilines is 1.